The van der Waals surface area contributed by atoms with Crippen LogP contribution >= 0.6 is 34.7 Å². The van der Waals surface area contributed by atoms with Gasteiger partial charge in [0.05, 0.1) is 6.20 Å². The highest BCUT2D eigenvalue weighted by Gasteiger charge is 2.54. The first-order chi connectivity index (χ1) is 19.1. The number of anilines is 1. The topological polar surface area (TPSA) is 206 Å². The summed E-state index contributed by atoms with van der Waals surface area (Å²) >= 11 is 8.28. The van der Waals surface area contributed by atoms with Crippen molar-refractivity contribution >= 4 is 74.9 Å². The molecule has 208 valence electrons. The van der Waals surface area contributed by atoms with E-state index in [1.807, 2.05) is 10.6 Å². The highest BCUT2D eigenvalue weighted by molar-refractivity contribution is 8.00. The van der Waals surface area contributed by atoms with Crippen molar-refractivity contribution in [2.45, 2.75) is 31.0 Å². The monoisotopic (exact) mass is 607 g/mol. The molecule has 5 rings (SSSR count). The van der Waals surface area contributed by atoms with E-state index in [4.69, 9.17) is 27.3 Å². The van der Waals surface area contributed by atoms with Gasteiger partial charge in [0.1, 0.15) is 39.9 Å². The summed E-state index contributed by atoms with van der Waals surface area (Å²) < 4.78 is 3.46. The Balaban J connectivity index is 1.38. The van der Waals surface area contributed by atoms with Crippen LogP contribution in [0.5, 0.6) is 0 Å². The second-order valence-electron chi connectivity index (χ2n) is 8.57. The highest BCUT2D eigenvalue weighted by Crippen LogP contribution is 2.40. The Morgan fingerprint density at radius 3 is 2.85 bits per heavy atom. The normalized spacial score (nSPS) is 19.7. The molecule has 5 heterocycles. The number of halogens is 1. The summed E-state index contributed by atoms with van der Waals surface area (Å²) in [4.78, 5) is 59.8. The minimum atomic E-state index is -1.40. The van der Waals surface area contributed by atoms with Gasteiger partial charge >= 0.3 is 17.6 Å². The number of nitrogens with one attached hydrogen (secondary N) is 1. The van der Waals surface area contributed by atoms with E-state index in [1.165, 1.54) is 18.7 Å². The minimum Gasteiger partial charge on any atom is -0.478 e. The number of aromatic nitrogens is 4. The lowest BCUT2D eigenvalue weighted by Crippen LogP contribution is -2.71. The van der Waals surface area contributed by atoms with Crippen LogP contribution < -0.4 is 15.6 Å². The van der Waals surface area contributed by atoms with Crippen LogP contribution in [0.1, 0.15) is 12.6 Å². The van der Waals surface area contributed by atoms with Gasteiger partial charge in [0.15, 0.2) is 17.0 Å². The number of nitrogen functional groups attached to an aromatic ring is 1. The zero-order valence-corrected chi connectivity index (χ0v) is 22.8. The van der Waals surface area contributed by atoms with E-state index in [9.17, 15) is 24.3 Å². The van der Waals surface area contributed by atoms with Gasteiger partial charge in [-0.2, -0.15) is 0 Å². The number of β-lactam (4-membered cyclic amide) rings is 1. The van der Waals surface area contributed by atoms with Crippen molar-refractivity contribution in [1.29, 1.82) is 0 Å². The molecule has 40 heavy (non-hydrogen) atoms. The standard InChI is InChI=1S/C22H19ClN8O7S2/c1-9(20(34)35)38-28-13(12-16(23)40-22(24)27-12)17(32)26-14-18(33)31-15(21(36)37)10(8-39-19(14)31)7-29-5-6-30-11(29)3-2-4-25-30/h2-6,9,14,19H,7-8H2,1H3,(H4-,24,26,27,32,34,35,36,37)/p+1/b28-13-/t9-,14?,19?/m0/s1. The first kappa shape index (κ1) is 27.4. The number of amides is 2. The lowest BCUT2D eigenvalue weighted by molar-refractivity contribution is -0.662. The van der Waals surface area contributed by atoms with Crippen molar-refractivity contribution < 1.29 is 38.8 Å². The van der Waals surface area contributed by atoms with Gasteiger partial charge in [-0.15, -0.1) is 16.3 Å². The number of imidazole rings is 1. The van der Waals surface area contributed by atoms with Gasteiger partial charge in [-0.1, -0.05) is 33.2 Å². The molecule has 2 aliphatic rings. The number of carboxylic acid groups (broad SMARTS) is 2. The molecule has 2 unspecified atom stereocenters. The zero-order valence-electron chi connectivity index (χ0n) is 20.4. The van der Waals surface area contributed by atoms with E-state index < -0.39 is 47.0 Å². The van der Waals surface area contributed by atoms with Crippen molar-refractivity contribution in [3.63, 3.8) is 0 Å². The molecule has 3 aromatic rings. The van der Waals surface area contributed by atoms with Crippen LogP contribution in [-0.4, -0.2) is 82.4 Å². The maximum atomic E-state index is 13.2. The number of carbonyl (C=O) groups excluding carboxylic acids is 2. The van der Waals surface area contributed by atoms with Crippen LogP contribution in [-0.2, 0) is 30.6 Å². The zero-order chi connectivity index (χ0) is 28.7. The summed E-state index contributed by atoms with van der Waals surface area (Å²) in [6, 6.07) is 2.49. The molecule has 0 aliphatic carbocycles. The average Bonchev–Trinajstić information content (AvgIpc) is 3.48. The second kappa shape index (κ2) is 10.7. The summed E-state index contributed by atoms with van der Waals surface area (Å²) in [5.74, 6) is -3.90. The number of thiazole rings is 1. The predicted molar refractivity (Wildman–Crippen MR) is 141 cm³/mol. The van der Waals surface area contributed by atoms with Crippen molar-refractivity contribution in [2.75, 3.05) is 11.5 Å². The maximum Gasteiger partial charge on any atom is 0.352 e. The fourth-order valence-corrected chi connectivity index (χ4v) is 6.39. The van der Waals surface area contributed by atoms with Gasteiger partial charge in [-0.05, 0) is 13.0 Å². The van der Waals surface area contributed by atoms with Crippen molar-refractivity contribution in [3.05, 3.63) is 52.0 Å². The van der Waals surface area contributed by atoms with Crippen molar-refractivity contribution in [1.82, 2.24) is 24.8 Å². The smallest absolute Gasteiger partial charge is 0.352 e. The van der Waals surface area contributed by atoms with Crippen molar-refractivity contribution in [2.24, 2.45) is 5.16 Å². The molecule has 2 amide bonds. The quantitative estimate of drug-likeness (QED) is 0.110. The molecule has 3 aromatic heterocycles. The van der Waals surface area contributed by atoms with Crippen LogP contribution in [0.2, 0.25) is 4.34 Å². The van der Waals surface area contributed by atoms with Gasteiger partial charge in [-0.25, -0.2) is 19.1 Å². The van der Waals surface area contributed by atoms with E-state index in [0.717, 1.165) is 21.9 Å². The third kappa shape index (κ3) is 4.93. The fourth-order valence-electron chi connectivity index (χ4n) is 4.12. The van der Waals surface area contributed by atoms with Crippen molar-refractivity contribution in [3.8, 4) is 0 Å². The SMILES string of the molecule is C[C@H](O/N=C(\C(=O)NC1C(=O)N2C(C(=O)O)=C(C[n+]3ccn4ncccc43)CSC12)c1nc(N)sc1Cl)C(=O)O. The number of nitrogens with two attached hydrogens (primary N) is 1. The molecule has 3 atom stereocenters. The lowest BCUT2D eigenvalue weighted by atomic mass is 10.0. The van der Waals surface area contributed by atoms with E-state index in [-0.39, 0.29) is 33.2 Å². The van der Waals surface area contributed by atoms with E-state index in [0.29, 0.717) is 5.57 Å². The number of carboxylic acids is 2. The Kier molecular flexibility index (Phi) is 7.35. The number of thioether (sulfide) groups is 1. The van der Waals surface area contributed by atoms with Gasteiger partial charge in [0.2, 0.25) is 6.10 Å². The largest absolute Gasteiger partial charge is 0.478 e. The van der Waals surface area contributed by atoms with Gasteiger partial charge < -0.3 is 26.1 Å². The van der Waals surface area contributed by atoms with Crippen LogP contribution in [0.4, 0.5) is 5.13 Å². The van der Waals surface area contributed by atoms with Crippen LogP contribution in [0, 0.1) is 0 Å². The van der Waals surface area contributed by atoms with Crippen LogP contribution in [0.3, 0.4) is 0 Å². The molecular weight excluding hydrogens is 588 g/mol. The van der Waals surface area contributed by atoms with Gasteiger partial charge in [0.25, 0.3) is 11.8 Å². The second-order valence-corrected chi connectivity index (χ2v) is 11.3. The maximum absolute atomic E-state index is 13.2. The highest BCUT2D eigenvalue weighted by atomic mass is 35.5. The summed E-state index contributed by atoms with van der Waals surface area (Å²) in [6.45, 7) is 1.41. The summed E-state index contributed by atoms with van der Waals surface area (Å²) in [5, 5.41) is 28.7. The third-order valence-corrected chi connectivity index (χ3v) is 8.45. The molecule has 5 N–H and O–H groups in total. The molecular formula is C22H20ClN8O7S2+. The minimum absolute atomic E-state index is 0.00165. The van der Waals surface area contributed by atoms with Crippen LogP contribution in [0.25, 0.3) is 5.65 Å². The Morgan fingerprint density at radius 1 is 1.40 bits per heavy atom. The summed E-state index contributed by atoms with van der Waals surface area (Å²) in [7, 11) is 0. The van der Waals surface area contributed by atoms with E-state index in [2.05, 4.69) is 20.6 Å². The number of carbonyl (C=O) groups is 4. The molecule has 0 aromatic carbocycles. The molecule has 2 aliphatic heterocycles. The number of nitrogens with zero attached hydrogens (tertiary/aromatic N) is 6. The van der Waals surface area contributed by atoms with E-state index >= 15 is 0 Å². The van der Waals surface area contributed by atoms with Gasteiger partial charge in [0, 0.05) is 17.4 Å². The molecule has 1 fully saturated rings. The average molecular weight is 608 g/mol. The molecule has 0 saturated carbocycles. The van der Waals surface area contributed by atoms with E-state index in [1.54, 1.807) is 29.2 Å². The number of hydrogen-bond acceptors (Lipinski definition) is 11. The Hall–Kier alpha value is -4.22. The predicted octanol–water partition coefficient (Wildman–Crippen LogP) is -0.0535. The molecule has 15 nitrogen and oxygen atoms in total. The van der Waals surface area contributed by atoms with Gasteiger partial charge in [-0.3, -0.25) is 14.5 Å². The molecule has 0 spiro atoms. The first-order valence-electron chi connectivity index (χ1n) is 11.5. The third-order valence-electron chi connectivity index (χ3n) is 6.03. The number of hydrogen-bond donors (Lipinski definition) is 4. The summed E-state index contributed by atoms with van der Waals surface area (Å²) in [6.07, 6.45) is 3.72. The first-order valence-corrected chi connectivity index (χ1v) is 13.7. The Morgan fingerprint density at radius 2 is 2.17 bits per heavy atom. The fraction of sp³-hybridized carbons (Fsp3) is 0.273. The number of aliphatic carboxylic acids is 2. The molecule has 1 saturated heterocycles. The lowest BCUT2D eigenvalue weighted by Gasteiger charge is -2.49. The number of fused-ring (bicyclic) bond motifs is 2. The Labute approximate surface area is 237 Å². The molecule has 0 bridgehead atoms. The Bertz CT molecular complexity index is 1620. The van der Waals surface area contributed by atoms with Crippen LogP contribution in [0.15, 0.2) is 47.1 Å². The number of rotatable bonds is 9. The molecule has 0 radical (unpaired) electrons. The number of oxime groups is 1. The summed E-state index contributed by atoms with van der Waals surface area (Å²) in [5.41, 5.74) is 6.13. The molecule has 18 heteroatoms.